The van der Waals surface area contributed by atoms with E-state index in [1.54, 1.807) is 6.07 Å². The zero-order valence-corrected chi connectivity index (χ0v) is 36.8. The maximum atomic E-state index is 13.2. The molecule has 2 fully saturated rings. The number of benzene rings is 2. The van der Waals surface area contributed by atoms with E-state index in [0.717, 1.165) is 119 Å². The molecule has 0 spiro atoms. The Balaban J connectivity index is 0.000000203. The number of nitrogens with one attached hydrogen (secondary N) is 2. The van der Waals surface area contributed by atoms with Crippen LogP contribution >= 0.6 is 23.2 Å². The SMILES string of the molecule is CCCCCN1CCc2c(nc(C(=O)Nc3cccc(-c4cccc(NC)c4Cl)c3Cl)n2C)C1.CO.Cn1c(C=O)nc2c1CCN(CCC13CCC(C=O)(CC1)C3)C2. The molecule has 14 heteroatoms. The number of aliphatic hydroxyl groups is 1. The lowest BCUT2D eigenvalue weighted by Gasteiger charge is -2.32. The molecular formula is C45H60Cl2N8O4. The van der Waals surface area contributed by atoms with E-state index in [4.69, 9.17) is 33.3 Å². The number of hydrogen-bond acceptors (Lipinski definition) is 9. The van der Waals surface area contributed by atoms with Crippen LogP contribution in [0.4, 0.5) is 11.4 Å². The average Bonchev–Trinajstić information content (AvgIpc) is 4.01. The highest BCUT2D eigenvalue weighted by atomic mass is 35.5. The maximum absolute atomic E-state index is 13.2. The van der Waals surface area contributed by atoms with Gasteiger partial charge in [-0.05, 0) is 75.6 Å². The van der Waals surface area contributed by atoms with Crippen LogP contribution in [0.25, 0.3) is 11.1 Å². The normalized spacial score (nSPS) is 20.7. The molecule has 4 heterocycles. The Bertz CT molecular complexity index is 2120. The van der Waals surface area contributed by atoms with Crippen molar-refractivity contribution in [2.75, 3.05) is 51.0 Å². The number of hydrogen-bond donors (Lipinski definition) is 3. The lowest BCUT2D eigenvalue weighted by Crippen LogP contribution is -2.34. The topological polar surface area (TPSA) is 138 Å². The molecular weight excluding hydrogens is 787 g/mol. The van der Waals surface area contributed by atoms with Gasteiger partial charge in [0.25, 0.3) is 5.91 Å². The molecule has 2 saturated carbocycles. The molecule has 0 radical (unpaired) electrons. The standard InChI is InChI=1S/C26H31Cl2N5O.C18H25N3O2.CH4O/c1-4-5-6-14-33-15-13-22-21(16-33)30-25(32(22)3)26(34)31-20-12-8-10-18(24(20)28)17-9-7-11-19(29-2)23(17)27;1-20-15-2-8-21(10-14(15)19-16(20)11-22)9-7-17-3-5-18(12-17,13-23)6-4-17;1-2/h7-12,29H,4-6,13-16H2,1-3H3,(H,31,34);11,13H,2-10,12H2,1H3;2H,1H3. The van der Waals surface area contributed by atoms with Crippen molar-refractivity contribution >= 4 is 53.1 Å². The molecule has 0 atom stereocenters. The molecule has 0 unspecified atom stereocenters. The summed E-state index contributed by atoms with van der Waals surface area (Å²) in [6.07, 6.45) is 14.6. The summed E-state index contributed by atoms with van der Waals surface area (Å²) in [5.41, 5.74) is 7.73. The Hall–Kier alpha value is -4.07. The molecule has 59 heavy (non-hydrogen) atoms. The number of carbonyl (C=O) groups excluding carboxylic acids is 3. The molecule has 3 N–H and O–H groups in total. The van der Waals surface area contributed by atoms with Gasteiger partial charge < -0.3 is 29.7 Å². The highest BCUT2D eigenvalue weighted by Gasteiger charge is 2.53. The van der Waals surface area contributed by atoms with Crippen molar-refractivity contribution in [2.24, 2.45) is 24.9 Å². The van der Waals surface area contributed by atoms with E-state index in [9.17, 15) is 14.4 Å². The molecule has 12 nitrogen and oxygen atoms in total. The van der Waals surface area contributed by atoms with E-state index in [0.29, 0.717) is 32.8 Å². The van der Waals surface area contributed by atoms with Crippen LogP contribution in [0.5, 0.6) is 0 Å². The molecule has 2 aliphatic heterocycles. The number of carbonyl (C=O) groups is 3. The number of nitrogens with zero attached hydrogens (tertiary/aromatic N) is 6. The van der Waals surface area contributed by atoms with Crippen molar-refractivity contribution in [1.82, 2.24) is 28.9 Å². The molecule has 4 aromatic rings. The number of unbranched alkanes of at least 4 members (excludes halogenated alkanes) is 2. The zero-order chi connectivity index (χ0) is 42.3. The summed E-state index contributed by atoms with van der Waals surface area (Å²) in [6.45, 7) is 8.06. The van der Waals surface area contributed by atoms with Gasteiger partial charge in [-0.2, -0.15) is 0 Å². The van der Waals surface area contributed by atoms with E-state index in [1.807, 2.05) is 60.6 Å². The fourth-order valence-corrected chi connectivity index (χ4v) is 10.3. The van der Waals surface area contributed by atoms with Crippen LogP contribution < -0.4 is 10.6 Å². The van der Waals surface area contributed by atoms with Crippen LogP contribution in [0.2, 0.25) is 10.0 Å². The minimum Gasteiger partial charge on any atom is -0.400 e. The first-order valence-electron chi connectivity index (χ1n) is 21.0. The third-order valence-corrected chi connectivity index (χ3v) is 14.0. The third-order valence-electron chi connectivity index (χ3n) is 13.1. The summed E-state index contributed by atoms with van der Waals surface area (Å²) >= 11 is 13.3. The Labute approximate surface area is 358 Å². The second-order valence-electron chi connectivity index (χ2n) is 16.6. The molecule has 1 amide bonds. The van der Waals surface area contributed by atoms with Gasteiger partial charge in [-0.25, -0.2) is 9.97 Å². The van der Waals surface area contributed by atoms with Gasteiger partial charge in [0.05, 0.1) is 32.8 Å². The van der Waals surface area contributed by atoms with E-state index < -0.39 is 0 Å². The Kier molecular flexibility index (Phi) is 14.7. The predicted octanol–water partition coefficient (Wildman–Crippen LogP) is 7.97. The number of fused-ring (bicyclic) bond motifs is 4. The monoisotopic (exact) mass is 846 g/mol. The van der Waals surface area contributed by atoms with Gasteiger partial charge in [0, 0.05) is 95.2 Å². The van der Waals surface area contributed by atoms with Crippen LogP contribution in [-0.4, -0.2) is 92.8 Å². The molecule has 4 aliphatic rings. The second-order valence-corrected chi connectivity index (χ2v) is 17.4. The lowest BCUT2D eigenvalue weighted by molar-refractivity contribution is -0.115. The van der Waals surface area contributed by atoms with Gasteiger partial charge >= 0.3 is 0 Å². The van der Waals surface area contributed by atoms with Crippen molar-refractivity contribution in [3.05, 3.63) is 80.9 Å². The van der Waals surface area contributed by atoms with Crippen LogP contribution in [-0.2, 0) is 44.8 Å². The molecule has 8 rings (SSSR count). The molecule has 0 saturated heterocycles. The first-order valence-corrected chi connectivity index (χ1v) is 21.7. The summed E-state index contributed by atoms with van der Waals surface area (Å²) in [5.74, 6) is 0.665. The zero-order valence-electron chi connectivity index (χ0n) is 35.3. The quantitative estimate of drug-likeness (QED) is 0.0904. The highest BCUT2D eigenvalue weighted by molar-refractivity contribution is 6.39. The van der Waals surface area contributed by atoms with E-state index in [1.165, 1.54) is 50.5 Å². The molecule has 2 aromatic heterocycles. The van der Waals surface area contributed by atoms with Crippen molar-refractivity contribution < 1.29 is 19.5 Å². The van der Waals surface area contributed by atoms with Crippen molar-refractivity contribution in [1.29, 1.82) is 0 Å². The molecule has 2 aromatic carbocycles. The first-order chi connectivity index (χ1) is 28.5. The van der Waals surface area contributed by atoms with Gasteiger partial charge in [0.2, 0.25) is 0 Å². The minimum absolute atomic E-state index is 0.0227. The summed E-state index contributed by atoms with van der Waals surface area (Å²) in [6, 6.07) is 11.3. The molecule has 2 bridgehead atoms. The summed E-state index contributed by atoms with van der Waals surface area (Å²) < 4.78 is 3.85. The maximum Gasteiger partial charge on any atom is 0.291 e. The van der Waals surface area contributed by atoms with Crippen LogP contribution in [0, 0.1) is 10.8 Å². The van der Waals surface area contributed by atoms with Crippen LogP contribution in [0.1, 0.15) is 109 Å². The highest BCUT2D eigenvalue weighted by Crippen LogP contribution is 2.62. The molecule has 2 aliphatic carbocycles. The number of aromatic nitrogens is 4. The first kappa shape index (κ1) is 44.5. The molecule has 318 valence electrons. The van der Waals surface area contributed by atoms with Gasteiger partial charge in [0.1, 0.15) is 6.29 Å². The van der Waals surface area contributed by atoms with Crippen molar-refractivity contribution in [3.63, 3.8) is 0 Å². The van der Waals surface area contributed by atoms with Gasteiger partial charge in [-0.15, -0.1) is 0 Å². The number of anilines is 2. The summed E-state index contributed by atoms with van der Waals surface area (Å²) in [7, 11) is 6.66. The fourth-order valence-electron chi connectivity index (χ4n) is 9.68. The van der Waals surface area contributed by atoms with Crippen LogP contribution in [0.3, 0.4) is 0 Å². The van der Waals surface area contributed by atoms with E-state index in [2.05, 4.69) is 32.3 Å². The van der Waals surface area contributed by atoms with Gasteiger partial charge in [-0.3, -0.25) is 19.4 Å². The van der Waals surface area contributed by atoms with Crippen LogP contribution in [0.15, 0.2) is 36.4 Å². The number of imidazole rings is 2. The predicted molar refractivity (Wildman–Crippen MR) is 235 cm³/mol. The number of aliphatic hydroxyl groups excluding tert-OH is 1. The number of aldehydes is 2. The summed E-state index contributed by atoms with van der Waals surface area (Å²) in [4.78, 5) is 49.7. The minimum atomic E-state index is -0.274. The Morgan fingerprint density at radius 2 is 1.42 bits per heavy atom. The summed E-state index contributed by atoms with van der Waals surface area (Å²) in [5, 5.41) is 14.1. The van der Waals surface area contributed by atoms with Crippen molar-refractivity contribution in [2.45, 2.75) is 90.6 Å². The average molecular weight is 848 g/mol. The lowest BCUT2D eigenvalue weighted by atomic mass is 9.80. The number of rotatable bonds is 13. The second kappa shape index (κ2) is 19.5. The van der Waals surface area contributed by atoms with Crippen molar-refractivity contribution in [3.8, 4) is 11.1 Å². The van der Waals surface area contributed by atoms with Gasteiger partial charge in [0.15, 0.2) is 17.9 Å². The number of halogens is 2. The van der Waals surface area contributed by atoms with Gasteiger partial charge in [-0.1, -0.05) is 67.2 Å². The largest absolute Gasteiger partial charge is 0.400 e. The Morgan fingerprint density at radius 3 is 2.02 bits per heavy atom. The third kappa shape index (κ3) is 9.47. The number of amides is 1. The Morgan fingerprint density at radius 1 is 0.831 bits per heavy atom. The fraction of sp³-hybridized carbons (Fsp3) is 0.533. The van der Waals surface area contributed by atoms with E-state index >= 15 is 0 Å². The van der Waals surface area contributed by atoms with E-state index in [-0.39, 0.29) is 11.3 Å². The smallest absolute Gasteiger partial charge is 0.291 e.